The first-order chi connectivity index (χ1) is 14.0. The molecule has 7 nitrogen and oxygen atoms in total. The van der Waals surface area contributed by atoms with Crippen molar-refractivity contribution in [1.29, 1.82) is 0 Å². The quantitative estimate of drug-likeness (QED) is 0.377. The molecule has 0 spiro atoms. The summed E-state index contributed by atoms with van der Waals surface area (Å²) in [5, 5.41) is 8.61. The predicted molar refractivity (Wildman–Crippen MR) is 104 cm³/mol. The number of fused-ring (bicyclic) bond motifs is 1. The van der Waals surface area contributed by atoms with Crippen molar-refractivity contribution < 1.29 is 29.0 Å². The fraction of sp³-hybridized carbons (Fsp3) is 0.273. The summed E-state index contributed by atoms with van der Waals surface area (Å²) in [7, 11) is 0. The average Bonchev–Trinajstić information content (AvgIpc) is 2.96. The van der Waals surface area contributed by atoms with E-state index < -0.39 is 5.97 Å². The highest BCUT2D eigenvalue weighted by atomic mass is 16.5. The first-order valence-electron chi connectivity index (χ1n) is 9.40. The van der Waals surface area contributed by atoms with Gasteiger partial charge in [-0.15, -0.1) is 0 Å². The van der Waals surface area contributed by atoms with E-state index in [1.807, 2.05) is 0 Å². The topological polar surface area (TPSA) is 101 Å². The van der Waals surface area contributed by atoms with E-state index in [2.05, 4.69) is 0 Å². The minimum atomic E-state index is -0.914. The Hall–Kier alpha value is -3.48. The number of carboxylic acids is 1. The molecule has 0 fully saturated rings. The van der Waals surface area contributed by atoms with Gasteiger partial charge >= 0.3 is 5.97 Å². The van der Waals surface area contributed by atoms with E-state index in [4.69, 9.17) is 9.84 Å². The number of Topliss-reactive ketones (excluding diaryl/α,β-unsaturated/α-hetero) is 1. The Balaban J connectivity index is 1.43. The van der Waals surface area contributed by atoms with Gasteiger partial charge in [0.25, 0.3) is 11.8 Å². The molecule has 0 unspecified atom stereocenters. The zero-order valence-electron chi connectivity index (χ0n) is 15.8. The average molecular weight is 395 g/mol. The first-order valence-corrected chi connectivity index (χ1v) is 9.40. The fourth-order valence-electron chi connectivity index (χ4n) is 3.14. The lowest BCUT2D eigenvalue weighted by atomic mass is 10.1. The number of nitrogens with zero attached hydrogens (tertiary/aromatic N) is 1. The summed E-state index contributed by atoms with van der Waals surface area (Å²) >= 11 is 0. The number of carbonyl (C=O) groups excluding carboxylic acids is 3. The van der Waals surface area contributed by atoms with Crippen LogP contribution in [0.25, 0.3) is 0 Å². The van der Waals surface area contributed by atoms with Crippen molar-refractivity contribution in [2.75, 3.05) is 13.2 Å². The second kappa shape index (κ2) is 9.14. The molecular weight excluding hydrogens is 374 g/mol. The molecule has 0 atom stereocenters. The van der Waals surface area contributed by atoms with E-state index >= 15 is 0 Å². The van der Waals surface area contributed by atoms with Crippen LogP contribution in [-0.4, -0.2) is 46.7 Å². The van der Waals surface area contributed by atoms with E-state index in [1.54, 1.807) is 48.5 Å². The summed E-state index contributed by atoms with van der Waals surface area (Å²) in [4.78, 5) is 48.3. The lowest BCUT2D eigenvalue weighted by molar-refractivity contribution is -0.137. The van der Waals surface area contributed by atoms with Crippen molar-refractivity contribution in [2.24, 2.45) is 0 Å². The van der Waals surface area contributed by atoms with Crippen LogP contribution in [0, 0.1) is 0 Å². The molecule has 1 aliphatic heterocycles. The minimum Gasteiger partial charge on any atom is -0.494 e. The van der Waals surface area contributed by atoms with Crippen molar-refractivity contribution in [3.05, 3.63) is 65.2 Å². The van der Waals surface area contributed by atoms with E-state index in [9.17, 15) is 19.2 Å². The third kappa shape index (κ3) is 4.87. The molecule has 1 heterocycles. The number of rotatable bonds is 10. The number of carboxylic acid groups (broad SMARTS) is 1. The Kier molecular flexibility index (Phi) is 6.39. The van der Waals surface area contributed by atoms with Crippen LogP contribution in [0.4, 0.5) is 0 Å². The Morgan fingerprint density at radius 3 is 2.07 bits per heavy atom. The smallest absolute Gasteiger partial charge is 0.303 e. The number of imide groups is 1. The van der Waals surface area contributed by atoms with Gasteiger partial charge in [-0.1, -0.05) is 12.1 Å². The third-order valence-electron chi connectivity index (χ3n) is 4.64. The van der Waals surface area contributed by atoms with E-state index in [0.29, 0.717) is 41.9 Å². The molecular formula is C22H21NO6. The van der Waals surface area contributed by atoms with Crippen LogP contribution in [-0.2, 0) is 4.79 Å². The summed E-state index contributed by atoms with van der Waals surface area (Å²) in [5.74, 6) is -1.01. The predicted octanol–water partition coefficient (Wildman–Crippen LogP) is 3.19. The highest BCUT2D eigenvalue weighted by Gasteiger charge is 2.34. The molecule has 1 N–H and O–H groups in total. The SMILES string of the molecule is O=C(O)CCCC(=O)c1ccc(OCCCN2C(=O)c3ccccc3C2=O)cc1. The highest BCUT2D eigenvalue weighted by Crippen LogP contribution is 2.22. The van der Waals surface area contributed by atoms with E-state index in [1.165, 1.54) is 4.90 Å². The van der Waals surface area contributed by atoms with Crippen LogP contribution in [0.15, 0.2) is 48.5 Å². The Bertz CT molecular complexity index is 900. The summed E-state index contributed by atoms with van der Waals surface area (Å²) in [6.07, 6.45) is 0.957. The number of hydrogen-bond acceptors (Lipinski definition) is 5. The maximum Gasteiger partial charge on any atom is 0.303 e. The number of carbonyl (C=O) groups is 4. The maximum atomic E-state index is 12.3. The van der Waals surface area contributed by atoms with Crippen molar-refractivity contribution in [3.8, 4) is 5.75 Å². The molecule has 2 aromatic carbocycles. The van der Waals surface area contributed by atoms with Crippen LogP contribution in [0.1, 0.15) is 56.8 Å². The highest BCUT2D eigenvalue weighted by molar-refractivity contribution is 6.21. The molecule has 0 aliphatic carbocycles. The number of ether oxygens (including phenoxy) is 1. The van der Waals surface area contributed by atoms with Gasteiger partial charge in [-0.3, -0.25) is 24.1 Å². The molecule has 1 aliphatic rings. The minimum absolute atomic E-state index is 0.0277. The van der Waals surface area contributed by atoms with Crippen LogP contribution < -0.4 is 4.74 Å². The zero-order chi connectivity index (χ0) is 20.8. The van der Waals surface area contributed by atoms with Gasteiger partial charge in [0.1, 0.15) is 5.75 Å². The molecule has 2 aromatic rings. The Labute approximate surface area is 167 Å². The van der Waals surface area contributed by atoms with Crippen molar-refractivity contribution in [1.82, 2.24) is 4.90 Å². The maximum absolute atomic E-state index is 12.3. The molecule has 150 valence electrons. The molecule has 2 amide bonds. The van der Waals surface area contributed by atoms with Crippen LogP contribution in [0.5, 0.6) is 5.75 Å². The summed E-state index contributed by atoms with van der Waals surface area (Å²) < 4.78 is 5.62. The van der Waals surface area contributed by atoms with Gasteiger partial charge in [0.15, 0.2) is 5.78 Å². The van der Waals surface area contributed by atoms with Crippen LogP contribution in [0.3, 0.4) is 0 Å². The van der Waals surface area contributed by atoms with Gasteiger partial charge in [-0.2, -0.15) is 0 Å². The lowest BCUT2D eigenvalue weighted by Gasteiger charge is -2.14. The van der Waals surface area contributed by atoms with Gasteiger partial charge in [-0.05, 0) is 49.2 Å². The lowest BCUT2D eigenvalue weighted by Crippen LogP contribution is -2.31. The molecule has 3 rings (SSSR count). The zero-order valence-corrected chi connectivity index (χ0v) is 15.8. The van der Waals surface area contributed by atoms with Crippen molar-refractivity contribution >= 4 is 23.6 Å². The monoisotopic (exact) mass is 395 g/mol. The normalized spacial score (nSPS) is 12.8. The summed E-state index contributed by atoms with van der Waals surface area (Å²) in [6, 6.07) is 13.4. The second-order valence-corrected chi connectivity index (χ2v) is 6.70. The van der Waals surface area contributed by atoms with Gasteiger partial charge in [0, 0.05) is 24.9 Å². The summed E-state index contributed by atoms with van der Waals surface area (Å²) in [5.41, 5.74) is 1.37. The number of hydrogen-bond donors (Lipinski definition) is 1. The molecule has 0 saturated heterocycles. The fourth-order valence-corrected chi connectivity index (χ4v) is 3.14. The van der Waals surface area contributed by atoms with Gasteiger partial charge in [0.2, 0.25) is 0 Å². The standard InChI is InChI=1S/C22H21NO6/c24-19(7-3-8-20(25)26)15-9-11-16(12-10-15)29-14-4-13-23-21(27)17-5-1-2-6-18(17)22(23)28/h1-2,5-6,9-12H,3-4,7-8,13-14H2,(H,25,26). The van der Waals surface area contributed by atoms with E-state index in [-0.39, 0.29) is 37.0 Å². The Morgan fingerprint density at radius 2 is 1.48 bits per heavy atom. The number of benzene rings is 2. The largest absolute Gasteiger partial charge is 0.494 e. The number of ketones is 1. The van der Waals surface area contributed by atoms with Gasteiger partial charge < -0.3 is 9.84 Å². The molecule has 0 radical (unpaired) electrons. The molecule has 0 aromatic heterocycles. The Morgan fingerprint density at radius 1 is 0.862 bits per heavy atom. The molecule has 0 bridgehead atoms. The number of amides is 2. The van der Waals surface area contributed by atoms with Crippen LogP contribution in [0.2, 0.25) is 0 Å². The van der Waals surface area contributed by atoms with Crippen molar-refractivity contribution in [3.63, 3.8) is 0 Å². The van der Waals surface area contributed by atoms with Gasteiger partial charge in [0.05, 0.1) is 17.7 Å². The third-order valence-corrected chi connectivity index (χ3v) is 4.64. The summed E-state index contributed by atoms with van der Waals surface area (Å²) in [6.45, 7) is 0.589. The number of aliphatic carboxylic acids is 1. The first kappa shape index (κ1) is 20.3. The molecule has 0 saturated carbocycles. The second-order valence-electron chi connectivity index (χ2n) is 6.70. The molecule has 7 heteroatoms. The van der Waals surface area contributed by atoms with Gasteiger partial charge in [-0.25, -0.2) is 0 Å². The van der Waals surface area contributed by atoms with E-state index in [0.717, 1.165) is 0 Å². The molecule has 29 heavy (non-hydrogen) atoms. The van der Waals surface area contributed by atoms with Crippen LogP contribution >= 0.6 is 0 Å². The van der Waals surface area contributed by atoms with Crippen molar-refractivity contribution in [2.45, 2.75) is 25.7 Å².